The number of benzene rings is 2. The number of esters is 1. The third-order valence-electron chi connectivity index (χ3n) is 3.44. The van der Waals surface area contributed by atoms with Crippen molar-refractivity contribution in [3.8, 4) is 0 Å². The van der Waals surface area contributed by atoms with Crippen LogP contribution >= 0.6 is 0 Å². The van der Waals surface area contributed by atoms with E-state index in [0.29, 0.717) is 24.3 Å². The van der Waals surface area contributed by atoms with Gasteiger partial charge in [-0.05, 0) is 50.0 Å². The van der Waals surface area contributed by atoms with Crippen LogP contribution in [0.5, 0.6) is 0 Å². The van der Waals surface area contributed by atoms with Crippen LogP contribution in [0.15, 0.2) is 60.8 Å². The molecule has 5 heteroatoms. The highest BCUT2D eigenvalue weighted by atomic mass is 16.5. The molecule has 0 aliphatic rings. The number of carbonyl (C=O) groups is 2. The van der Waals surface area contributed by atoms with E-state index in [0.717, 1.165) is 5.56 Å². The van der Waals surface area contributed by atoms with Gasteiger partial charge in [0.1, 0.15) is 6.61 Å². The maximum atomic E-state index is 11.9. The van der Waals surface area contributed by atoms with E-state index >= 15 is 0 Å². The lowest BCUT2D eigenvalue weighted by molar-refractivity contribution is 0.0481. The predicted molar refractivity (Wildman–Crippen MR) is 98.2 cm³/mol. The molecule has 0 aliphatic carbocycles. The molecule has 0 bridgehead atoms. The number of ether oxygens (including phenoxy) is 1. The number of carbonyl (C=O) groups excluding carboxylic acids is 2. The Morgan fingerprint density at radius 1 is 1.00 bits per heavy atom. The summed E-state index contributed by atoms with van der Waals surface area (Å²) in [5, 5.41) is 2.71. The summed E-state index contributed by atoms with van der Waals surface area (Å²) in [4.78, 5) is 25.7. The summed E-state index contributed by atoms with van der Waals surface area (Å²) in [6.45, 7) is 1.05. The summed E-state index contributed by atoms with van der Waals surface area (Å²) >= 11 is 0. The first-order valence-electron chi connectivity index (χ1n) is 8.00. The van der Waals surface area contributed by atoms with Crippen molar-refractivity contribution in [1.82, 2.24) is 10.2 Å². The zero-order chi connectivity index (χ0) is 18.1. The van der Waals surface area contributed by atoms with Gasteiger partial charge in [-0.25, -0.2) is 4.79 Å². The molecule has 0 saturated heterocycles. The Bertz CT molecular complexity index is 722. The molecule has 1 N–H and O–H groups in total. The minimum atomic E-state index is -0.338. The molecule has 0 aliphatic heterocycles. The third-order valence-corrected chi connectivity index (χ3v) is 3.44. The van der Waals surface area contributed by atoms with Gasteiger partial charge in [0.2, 0.25) is 0 Å². The second-order valence-electron chi connectivity index (χ2n) is 5.73. The van der Waals surface area contributed by atoms with Crippen LogP contribution in [-0.4, -0.2) is 44.0 Å². The Morgan fingerprint density at radius 2 is 1.68 bits per heavy atom. The summed E-state index contributed by atoms with van der Waals surface area (Å²) in [5.41, 5.74) is 1.98. The van der Waals surface area contributed by atoms with Crippen molar-refractivity contribution in [1.29, 1.82) is 0 Å². The first-order chi connectivity index (χ1) is 12.1. The van der Waals surface area contributed by atoms with E-state index in [1.54, 1.807) is 48.7 Å². The zero-order valence-corrected chi connectivity index (χ0v) is 14.4. The molecular formula is C20H22N2O3. The fourth-order valence-electron chi connectivity index (χ4n) is 2.02. The molecule has 0 heterocycles. The average Bonchev–Trinajstić information content (AvgIpc) is 2.62. The van der Waals surface area contributed by atoms with Crippen LogP contribution < -0.4 is 5.32 Å². The SMILES string of the molecule is CN(C)CCOC(=O)c1ccc(/C=C/NC(=O)c2ccccc2)cc1. The number of likely N-dealkylation sites (N-methyl/N-ethyl adjacent to an activating group) is 1. The second-order valence-corrected chi connectivity index (χ2v) is 5.73. The lowest BCUT2D eigenvalue weighted by Gasteiger charge is -2.09. The average molecular weight is 338 g/mol. The van der Waals surface area contributed by atoms with E-state index in [1.165, 1.54) is 0 Å². The molecule has 0 aromatic heterocycles. The van der Waals surface area contributed by atoms with Crippen molar-refractivity contribution in [2.45, 2.75) is 0 Å². The summed E-state index contributed by atoms with van der Waals surface area (Å²) in [6, 6.07) is 16.0. The van der Waals surface area contributed by atoms with Crippen molar-refractivity contribution in [3.05, 3.63) is 77.5 Å². The van der Waals surface area contributed by atoms with Gasteiger partial charge in [0.25, 0.3) is 5.91 Å². The molecule has 130 valence electrons. The highest BCUT2D eigenvalue weighted by Crippen LogP contribution is 2.07. The molecule has 5 nitrogen and oxygen atoms in total. The molecule has 0 radical (unpaired) electrons. The van der Waals surface area contributed by atoms with Crippen LogP contribution in [0.4, 0.5) is 0 Å². The minimum Gasteiger partial charge on any atom is -0.461 e. The van der Waals surface area contributed by atoms with E-state index in [-0.39, 0.29) is 11.9 Å². The number of hydrogen-bond acceptors (Lipinski definition) is 4. The first kappa shape index (κ1) is 18.4. The monoisotopic (exact) mass is 338 g/mol. The first-order valence-corrected chi connectivity index (χ1v) is 8.00. The molecule has 0 saturated carbocycles. The topological polar surface area (TPSA) is 58.6 Å². The third kappa shape index (κ3) is 6.24. The second kappa shape index (κ2) is 9.39. The van der Waals surface area contributed by atoms with Gasteiger partial charge in [0.05, 0.1) is 5.56 Å². The smallest absolute Gasteiger partial charge is 0.338 e. The van der Waals surface area contributed by atoms with Crippen LogP contribution in [0.1, 0.15) is 26.3 Å². The molecule has 2 aromatic carbocycles. The quantitative estimate of drug-likeness (QED) is 0.789. The molecule has 1 amide bonds. The maximum Gasteiger partial charge on any atom is 0.338 e. The van der Waals surface area contributed by atoms with Crippen LogP contribution in [0.2, 0.25) is 0 Å². The predicted octanol–water partition coefficient (Wildman–Crippen LogP) is 2.81. The standard InChI is InChI=1S/C20H22N2O3/c1-22(2)14-15-25-20(24)18-10-8-16(9-11-18)12-13-21-19(23)17-6-4-3-5-7-17/h3-13H,14-15H2,1-2H3,(H,21,23)/b13-12+. The van der Waals surface area contributed by atoms with Gasteiger partial charge < -0.3 is 15.0 Å². The number of nitrogens with one attached hydrogen (secondary N) is 1. The molecule has 2 rings (SSSR count). The van der Waals surface area contributed by atoms with E-state index in [2.05, 4.69) is 5.32 Å². The molecule has 25 heavy (non-hydrogen) atoms. The molecular weight excluding hydrogens is 316 g/mol. The van der Waals surface area contributed by atoms with Gasteiger partial charge in [0.15, 0.2) is 0 Å². The highest BCUT2D eigenvalue weighted by Gasteiger charge is 2.06. The van der Waals surface area contributed by atoms with Crippen LogP contribution in [0.3, 0.4) is 0 Å². The van der Waals surface area contributed by atoms with Crippen molar-refractivity contribution in [3.63, 3.8) is 0 Å². The lowest BCUT2D eigenvalue weighted by atomic mass is 10.1. The maximum absolute atomic E-state index is 11.9. The summed E-state index contributed by atoms with van der Waals surface area (Å²) < 4.78 is 5.18. The summed E-state index contributed by atoms with van der Waals surface area (Å²) in [7, 11) is 3.84. The molecule has 0 fully saturated rings. The van der Waals surface area contributed by atoms with E-state index < -0.39 is 0 Å². The fraction of sp³-hybridized carbons (Fsp3) is 0.200. The minimum absolute atomic E-state index is 0.169. The number of amides is 1. The van der Waals surface area contributed by atoms with E-state index in [9.17, 15) is 9.59 Å². The van der Waals surface area contributed by atoms with Gasteiger partial charge in [-0.1, -0.05) is 30.3 Å². The van der Waals surface area contributed by atoms with Gasteiger partial charge in [-0.3, -0.25) is 4.79 Å². The van der Waals surface area contributed by atoms with Crippen molar-refractivity contribution < 1.29 is 14.3 Å². The van der Waals surface area contributed by atoms with Crippen molar-refractivity contribution in [2.24, 2.45) is 0 Å². The Morgan fingerprint density at radius 3 is 2.32 bits per heavy atom. The van der Waals surface area contributed by atoms with Crippen LogP contribution in [0, 0.1) is 0 Å². The van der Waals surface area contributed by atoms with Gasteiger partial charge in [-0.2, -0.15) is 0 Å². The fourth-order valence-corrected chi connectivity index (χ4v) is 2.02. The van der Waals surface area contributed by atoms with E-state index in [4.69, 9.17) is 4.74 Å². The Labute approximate surface area is 147 Å². The highest BCUT2D eigenvalue weighted by molar-refractivity contribution is 5.95. The zero-order valence-electron chi connectivity index (χ0n) is 14.4. The van der Waals surface area contributed by atoms with Crippen LogP contribution in [0.25, 0.3) is 6.08 Å². The lowest BCUT2D eigenvalue weighted by Crippen LogP contribution is -2.20. The van der Waals surface area contributed by atoms with Gasteiger partial charge >= 0.3 is 5.97 Å². The van der Waals surface area contributed by atoms with Crippen molar-refractivity contribution in [2.75, 3.05) is 27.2 Å². The number of nitrogens with zero attached hydrogens (tertiary/aromatic N) is 1. The Kier molecular flexibility index (Phi) is 6.92. The largest absolute Gasteiger partial charge is 0.461 e. The van der Waals surface area contributed by atoms with Crippen molar-refractivity contribution >= 4 is 18.0 Å². The summed E-state index contributed by atoms with van der Waals surface area (Å²) in [5.74, 6) is -0.507. The molecule has 0 spiro atoms. The molecule has 0 atom stereocenters. The van der Waals surface area contributed by atoms with Gasteiger partial charge in [0, 0.05) is 18.3 Å². The number of hydrogen-bond donors (Lipinski definition) is 1. The molecule has 2 aromatic rings. The van der Waals surface area contributed by atoms with Gasteiger partial charge in [-0.15, -0.1) is 0 Å². The molecule has 0 unspecified atom stereocenters. The van der Waals surface area contributed by atoms with Crippen LogP contribution in [-0.2, 0) is 4.74 Å². The Hall–Kier alpha value is -2.92. The van der Waals surface area contributed by atoms with E-state index in [1.807, 2.05) is 37.2 Å². The Balaban J connectivity index is 1.85. The normalized spacial score (nSPS) is 10.8. The number of rotatable bonds is 7. The summed E-state index contributed by atoms with van der Waals surface area (Å²) in [6.07, 6.45) is 3.35.